The van der Waals surface area contributed by atoms with E-state index in [4.69, 9.17) is 16.2 Å². The van der Waals surface area contributed by atoms with Gasteiger partial charge in [-0.15, -0.1) is 0 Å². The monoisotopic (exact) mass is 276 g/mol. The fourth-order valence-corrected chi connectivity index (χ4v) is 3.02. The molecule has 0 radical (unpaired) electrons. The maximum atomic E-state index is 11.3. The van der Waals surface area contributed by atoms with Gasteiger partial charge in [0, 0.05) is 5.56 Å². The van der Waals surface area contributed by atoms with Gasteiger partial charge in [-0.25, -0.2) is 0 Å². The first-order chi connectivity index (χ1) is 9.72. The van der Waals surface area contributed by atoms with Crippen LogP contribution in [-0.2, 0) is 11.3 Å². The number of nitrogens with two attached hydrogens (primary N) is 2. The van der Waals surface area contributed by atoms with Crippen molar-refractivity contribution in [3.63, 3.8) is 0 Å². The summed E-state index contributed by atoms with van der Waals surface area (Å²) in [5.74, 6) is 0.728. The molecule has 1 saturated carbocycles. The van der Waals surface area contributed by atoms with E-state index in [1.54, 1.807) is 6.07 Å². The predicted octanol–water partition coefficient (Wildman–Crippen LogP) is 2.07. The lowest BCUT2D eigenvalue weighted by molar-refractivity contribution is 0.0507. The number of hydrogen-bond acceptors (Lipinski definition) is 3. The molecule has 110 valence electrons. The molecule has 4 nitrogen and oxygen atoms in total. The van der Waals surface area contributed by atoms with E-state index in [9.17, 15) is 4.79 Å². The Kier molecular flexibility index (Phi) is 5.56. The Morgan fingerprint density at radius 1 is 1.20 bits per heavy atom. The lowest BCUT2D eigenvalue weighted by Crippen LogP contribution is -2.29. The highest BCUT2D eigenvalue weighted by molar-refractivity contribution is 5.94. The third kappa shape index (κ3) is 3.81. The molecule has 2 rings (SSSR count). The second-order valence-corrected chi connectivity index (χ2v) is 5.58. The van der Waals surface area contributed by atoms with Crippen LogP contribution in [-0.4, -0.2) is 19.1 Å². The molecule has 0 heterocycles. The van der Waals surface area contributed by atoms with E-state index in [0.717, 1.165) is 18.7 Å². The van der Waals surface area contributed by atoms with Crippen molar-refractivity contribution in [2.75, 3.05) is 13.2 Å². The Morgan fingerprint density at radius 2 is 1.90 bits per heavy atom. The standard InChI is InChI=1S/C16H24N2O2/c17-9-12-5-1-2-6-13(12)10-20-11-14-7-3-4-8-15(14)16(18)19/h3-4,7-8,12-13H,1-2,5-6,9-11,17H2,(H2,18,19). The normalized spacial score (nSPS) is 22.6. The molecular weight excluding hydrogens is 252 g/mol. The molecule has 1 aliphatic rings. The van der Waals surface area contributed by atoms with Gasteiger partial charge >= 0.3 is 0 Å². The van der Waals surface area contributed by atoms with Gasteiger partial charge in [0.2, 0.25) is 5.91 Å². The second-order valence-electron chi connectivity index (χ2n) is 5.58. The Hall–Kier alpha value is -1.39. The summed E-state index contributed by atoms with van der Waals surface area (Å²) in [5, 5.41) is 0. The molecule has 1 aromatic carbocycles. The molecule has 0 spiro atoms. The summed E-state index contributed by atoms with van der Waals surface area (Å²) < 4.78 is 5.82. The lowest BCUT2D eigenvalue weighted by atomic mass is 9.80. The van der Waals surface area contributed by atoms with Crippen LogP contribution in [0.1, 0.15) is 41.6 Å². The molecule has 0 aliphatic heterocycles. The quantitative estimate of drug-likeness (QED) is 0.835. The number of amides is 1. The van der Waals surface area contributed by atoms with Crippen LogP contribution in [0.4, 0.5) is 0 Å². The fraction of sp³-hybridized carbons (Fsp3) is 0.562. The number of benzene rings is 1. The van der Waals surface area contributed by atoms with Gasteiger partial charge in [0.1, 0.15) is 0 Å². The number of carbonyl (C=O) groups is 1. The van der Waals surface area contributed by atoms with Crippen molar-refractivity contribution >= 4 is 5.91 Å². The van der Waals surface area contributed by atoms with Crippen molar-refractivity contribution in [3.8, 4) is 0 Å². The Morgan fingerprint density at radius 3 is 2.60 bits per heavy atom. The molecule has 0 saturated heterocycles. The van der Waals surface area contributed by atoms with E-state index in [0.29, 0.717) is 24.0 Å². The Labute approximate surface area is 120 Å². The largest absolute Gasteiger partial charge is 0.376 e. The highest BCUT2D eigenvalue weighted by Gasteiger charge is 2.24. The molecule has 20 heavy (non-hydrogen) atoms. The van der Waals surface area contributed by atoms with Crippen molar-refractivity contribution in [2.24, 2.45) is 23.3 Å². The van der Waals surface area contributed by atoms with E-state index in [1.165, 1.54) is 25.7 Å². The average Bonchev–Trinajstić information content (AvgIpc) is 2.48. The molecular formula is C16H24N2O2. The summed E-state index contributed by atoms with van der Waals surface area (Å²) in [5.41, 5.74) is 12.6. The van der Waals surface area contributed by atoms with Crippen LogP contribution in [0.5, 0.6) is 0 Å². The van der Waals surface area contributed by atoms with Crippen molar-refractivity contribution in [1.29, 1.82) is 0 Å². The van der Waals surface area contributed by atoms with Crippen molar-refractivity contribution in [1.82, 2.24) is 0 Å². The van der Waals surface area contributed by atoms with Gasteiger partial charge in [0.15, 0.2) is 0 Å². The van der Waals surface area contributed by atoms with Gasteiger partial charge in [-0.3, -0.25) is 4.79 Å². The van der Waals surface area contributed by atoms with Crippen LogP contribution in [0.25, 0.3) is 0 Å². The smallest absolute Gasteiger partial charge is 0.249 e. The first-order valence-electron chi connectivity index (χ1n) is 7.38. The zero-order chi connectivity index (χ0) is 14.4. The van der Waals surface area contributed by atoms with Crippen LogP contribution < -0.4 is 11.5 Å². The average molecular weight is 276 g/mol. The molecule has 1 aliphatic carbocycles. The van der Waals surface area contributed by atoms with Crippen molar-refractivity contribution in [3.05, 3.63) is 35.4 Å². The topological polar surface area (TPSA) is 78.3 Å². The van der Waals surface area contributed by atoms with Gasteiger partial charge in [-0.1, -0.05) is 31.0 Å². The van der Waals surface area contributed by atoms with Gasteiger partial charge < -0.3 is 16.2 Å². The SMILES string of the molecule is NCC1CCCCC1COCc1ccccc1C(N)=O. The van der Waals surface area contributed by atoms with E-state index < -0.39 is 5.91 Å². The lowest BCUT2D eigenvalue weighted by Gasteiger charge is -2.30. The number of carbonyl (C=O) groups excluding carboxylic acids is 1. The van der Waals surface area contributed by atoms with Gasteiger partial charge in [-0.05, 0) is 42.9 Å². The summed E-state index contributed by atoms with van der Waals surface area (Å²) in [6, 6.07) is 7.34. The van der Waals surface area contributed by atoms with Crippen molar-refractivity contribution in [2.45, 2.75) is 32.3 Å². The summed E-state index contributed by atoms with van der Waals surface area (Å²) in [6.45, 7) is 1.90. The number of ether oxygens (including phenoxy) is 1. The first kappa shape index (κ1) is 15.0. The zero-order valence-corrected chi connectivity index (χ0v) is 11.9. The zero-order valence-electron chi connectivity index (χ0n) is 11.9. The van der Waals surface area contributed by atoms with E-state index in [-0.39, 0.29) is 0 Å². The molecule has 0 bridgehead atoms. The summed E-state index contributed by atoms with van der Waals surface area (Å²) in [7, 11) is 0. The van der Waals surface area contributed by atoms with Crippen LogP contribution in [0.3, 0.4) is 0 Å². The minimum Gasteiger partial charge on any atom is -0.376 e. The molecule has 1 aromatic rings. The highest BCUT2D eigenvalue weighted by Crippen LogP contribution is 2.29. The second kappa shape index (κ2) is 7.41. The van der Waals surface area contributed by atoms with E-state index in [2.05, 4.69) is 0 Å². The predicted molar refractivity (Wildman–Crippen MR) is 79.1 cm³/mol. The number of hydrogen-bond donors (Lipinski definition) is 2. The third-order valence-electron chi connectivity index (χ3n) is 4.24. The fourth-order valence-electron chi connectivity index (χ4n) is 3.02. The van der Waals surface area contributed by atoms with Crippen LogP contribution in [0.15, 0.2) is 24.3 Å². The van der Waals surface area contributed by atoms with Crippen LogP contribution in [0.2, 0.25) is 0 Å². The van der Waals surface area contributed by atoms with Crippen LogP contribution in [0, 0.1) is 11.8 Å². The maximum absolute atomic E-state index is 11.3. The summed E-state index contributed by atoms with van der Waals surface area (Å²) in [4.78, 5) is 11.3. The highest BCUT2D eigenvalue weighted by atomic mass is 16.5. The third-order valence-corrected chi connectivity index (χ3v) is 4.24. The van der Waals surface area contributed by atoms with Gasteiger partial charge in [-0.2, -0.15) is 0 Å². The molecule has 4 N–H and O–H groups in total. The van der Waals surface area contributed by atoms with Crippen LogP contribution >= 0.6 is 0 Å². The Bertz CT molecular complexity index is 448. The first-order valence-corrected chi connectivity index (χ1v) is 7.38. The van der Waals surface area contributed by atoms with Gasteiger partial charge in [0.25, 0.3) is 0 Å². The molecule has 2 unspecified atom stereocenters. The molecule has 4 heteroatoms. The van der Waals surface area contributed by atoms with E-state index >= 15 is 0 Å². The minimum absolute atomic E-state index is 0.401. The molecule has 2 atom stereocenters. The molecule has 1 amide bonds. The maximum Gasteiger partial charge on any atom is 0.249 e. The summed E-state index contributed by atoms with van der Waals surface area (Å²) in [6.07, 6.45) is 4.95. The van der Waals surface area contributed by atoms with Crippen molar-refractivity contribution < 1.29 is 9.53 Å². The molecule has 1 fully saturated rings. The van der Waals surface area contributed by atoms with E-state index in [1.807, 2.05) is 18.2 Å². The van der Waals surface area contributed by atoms with Gasteiger partial charge in [0.05, 0.1) is 13.2 Å². The summed E-state index contributed by atoms with van der Waals surface area (Å²) >= 11 is 0. The number of primary amides is 1. The minimum atomic E-state index is -0.401. The number of rotatable bonds is 6. The Balaban J connectivity index is 1.88. The molecule has 0 aromatic heterocycles.